The van der Waals surface area contributed by atoms with Crippen LogP contribution in [0.1, 0.15) is 29.4 Å². The fourth-order valence-electron chi connectivity index (χ4n) is 3.30. The second-order valence-electron chi connectivity index (χ2n) is 7.25. The molecule has 1 aliphatic rings. The summed E-state index contributed by atoms with van der Waals surface area (Å²) in [6.45, 7) is 4.31. The molecule has 0 spiro atoms. The largest absolute Gasteiger partial charge is 0.356 e. The number of likely N-dealkylation sites (tertiary alicyclic amines) is 1. The van der Waals surface area contributed by atoms with E-state index in [4.69, 9.17) is 0 Å². The van der Waals surface area contributed by atoms with Crippen LogP contribution in [0.2, 0.25) is 0 Å². The predicted molar refractivity (Wildman–Crippen MR) is 127 cm³/mol. The number of halogens is 3. The van der Waals surface area contributed by atoms with Gasteiger partial charge in [0.05, 0.1) is 6.54 Å². The van der Waals surface area contributed by atoms with Crippen LogP contribution in [0.4, 0.5) is 8.78 Å². The van der Waals surface area contributed by atoms with Gasteiger partial charge in [-0.25, -0.2) is 13.8 Å². The Morgan fingerprint density at radius 1 is 1.33 bits per heavy atom. The van der Waals surface area contributed by atoms with Crippen molar-refractivity contribution in [1.82, 2.24) is 30.3 Å². The molecule has 1 saturated heterocycles. The number of aromatic nitrogens is 3. The zero-order valence-electron chi connectivity index (χ0n) is 17.4. The van der Waals surface area contributed by atoms with Crippen molar-refractivity contribution in [2.75, 3.05) is 26.2 Å². The number of hydrogen-bond acceptors (Lipinski definition) is 5. The number of rotatable bonds is 8. The Balaban J connectivity index is 0.00000320. The van der Waals surface area contributed by atoms with Gasteiger partial charge in [-0.3, -0.25) is 4.90 Å². The normalized spacial score (nSPS) is 16.0. The van der Waals surface area contributed by atoms with Crippen molar-refractivity contribution in [3.63, 3.8) is 0 Å². The molecule has 2 aromatic rings. The van der Waals surface area contributed by atoms with Gasteiger partial charge in [-0.15, -0.1) is 45.5 Å². The van der Waals surface area contributed by atoms with E-state index < -0.39 is 6.43 Å². The molecule has 1 aliphatic heterocycles. The number of nitrogens with zero attached hydrogens (tertiary/aromatic N) is 5. The summed E-state index contributed by atoms with van der Waals surface area (Å²) in [5, 5.41) is 17.2. The van der Waals surface area contributed by atoms with Gasteiger partial charge in [0.15, 0.2) is 11.8 Å². The number of piperidine rings is 1. The standard InChI is InChI=1S/C19H29F2N7S.HI/c1-14-25-26-18(27(14)2)12-23-19(22-8-5-16-4-3-11-29-16)24-15-6-9-28(10-7-15)13-17(20)21;/h3-4,11,15,17H,5-10,12-13H2,1-2H3,(H2,22,23,24);1H. The monoisotopic (exact) mass is 553 g/mol. The van der Waals surface area contributed by atoms with Crippen LogP contribution < -0.4 is 10.6 Å². The Labute approximate surface area is 197 Å². The number of hydrogen-bond donors (Lipinski definition) is 2. The fraction of sp³-hybridized carbons (Fsp3) is 0.632. The van der Waals surface area contributed by atoms with Crippen LogP contribution in [-0.4, -0.2) is 64.3 Å². The minimum absolute atomic E-state index is 0. The molecule has 2 N–H and O–H groups in total. The molecule has 168 valence electrons. The van der Waals surface area contributed by atoms with Crippen molar-refractivity contribution in [1.29, 1.82) is 0 Å². The lowest BCUT2D eigenvalue weighted by Crippen LogP contribution is -2.49. The minimum Gasteiger partial charge on any atom is -0.356 e. The van der Waals surface area contributed by atoms with Crippen LogP contribution in [0.25, 0.3) is 0 Å². The van der Waals surface area contributed by atoms with E-state index in [0.29, 0.717) is 19.6 Å². The van der Waals surface area contributed by atoms with Gasteiger partial charge in [0, 0.05) is 37.6 Å². The quantitative estimate of drug-likeness (QED) is 0.299. The van der Waals surface area contributed by atoms with Gasteiger partial charge < -0.3 is 15.2 Å². The molecule has 0 unspecified atom stereocenters. The Hall–Kier alpha value is -1.34. The first kappa shape index (κ1) is 24.9. The fourth-order valence-corrected chi connectivity index (χ4v) is 4.01. The molecule has 30 heavy (non-hydrogen) atoms. The maximum Gasteiger partial charge on any atom is 0.251 e. The first-order chi connectivity index (χ1) is 14.0. The Kier molecular flexibility index (Phi) is 10.4. The second-order valence-corrected chi connectivity index (χ2v) is 8.29. The van der Waals surface area contributed by atoms with Crippen LogP contribution in [0.15, 0.2) is 22.5 Å². The number of aryl methyl sites for hydroxylation is 1. The van der Waals surface area contributed by atoms with Gasteiger partial charge in [-0.1, -0.05) is 6.07 Å². The molecule has 0 radical (unpaired) electrons. The lowest BCUT2D eigenvalue weighted by molar-refractivity contribution is 0.0744. The molecule has 0 aliphatic carbocycles. The summed E-state index contributed by atoms with van der Waals surface area (Å²) < 4.78 is 27.1. The summed E-state index contributed by atoms with van der Waals surface area (Å²) in [6.07, 6.45) is 0.294. The van der Waals surface area contributed by atoms with Gasteiger partial charge in [-0.2, -0.15) is 0 Å². The molecular formula is C19H30F2IN7S. The maximum absolute atomic E-state index is 12.6. The van der Waals surface area contributed by atoms with Crippen molar-refractivity contribution in [2.24, 2.45) is 12.0 Å². The topological polar surface area (TPSA) is 70.4 Å². The summed E-state index contributed by atoms with van der Waals surface area (Å²) in [7, 11) is 1.93. The predicted octanol–water partition coefficient (Wildman–Crippen LogP) is 2.81. The van der Waals surface area contributed by atoms with Crippen molar-refractivity contribution in [2.45, 2.75) is 45.2 Å². The average Bonchev–Trinajstić information content (AvgIpc) is 3.32. The molecule has 1 fully saturated rings. The highest BCUT2D eigenvalue weighted by Gasteiger charge is 2.22. The lowest BCUT2D eigenvalue weighted by atomic mass is 10.1. The van der Waals surface area contributed by atoms with E-state index in [1.54, 1.807) is 11.3 Å². The summed E-state index contributed by atoms with van der Waals surface area (Å²) in [6, 6.07) is 4.40. The third kappa shape index (κ3) is 7.73. The molecule has 0 aromatic carbocycles. The van der Waals surface area contributed by atoms with E-state index >= 15 is 0 Å². The molecule has 3 rings (SSSR count). The third-order valence-electron chi connectivity index (χ3n) is 5.13. The maximum atomic E-state index is 12.6. The first-order valence-corrected chi connectivity index (χ1v) is 10.8. The molecule has 0 amide bonds. The van der Waals surface area contributed by atoms with E-state index in [-0.39, 0.29) is 36.6 Å². The van der Waals surface area contributed by atoms with E-state index in [1.807, 2.05) is 23.4 Å². The number of thiophene rings is 1. The van der Waals surface area contributed by atoms with Gasteiger partial charge >= 0.3 is 0 Å². The molecular weight excluding hydrogens is 523 g/mol. The van der Waals surface area contributed by atoms with E-state index in [9.17, 15) is 8.78 Å². The van der Waals surface area contributed by atoms with Gasteiger partial charge in [0.25, 0.3) is 6.43 Å². The second kappa shape index (κ2) is 12.5. The van der Waals surface area contributed by atoms with Crippen molar-refractivity contribution in [3.8, 4) is 0 Å². The van der Waals surface area contributed by atoms with Gasteiger partial charge in [-0.05, 0) is 37.6 Å². The van der Waals surface area contributed by atoms with E-state index in [0.717, 1.165) is 43.4 Å². The van der Waals surface area contributed by atoms with Crippen molar-refractivity contribution in [3.05, 3.63) is 34.0 Å². The average molecular weight is 553 g/mol. The van der Waals surface area contributed by atoms with Crippen LogP contribution in [0, 0.1) is 6.92 Å². The van der Waals surface area contributed by atoms with Crippen LogP contribution in [0.3, 0.4) is 0 Å². The number of guanidine groups is 1. The number of nitrogens with one attached hydrogen (secondary N) is 2. The van der Waals surface area contributed by atoms with Gasteiger partial charge in [0.1, 0.15) is 12.4 Å². The highest BCUT2D eigenvalue weighted by Crippen LogP contribution is 2.12. The zero-order chi connectivity index (χ0) is 20.6. The van der Waals surface area contributed by atoms with E-state index in [2.05, 4.69) is 43.3 Å². The van der Waals surface area contributed by atoms with Crippen molar-refractivity contribution < 1.29 is 8.78 Å². The summed E-state index contributed by atoms with van der Waals surface area (Å²) in [4.78, 5) is 7.84. The Bertz CT molecular complexity index is 774. The van der Waals surface area contributed by atoms with Crippen LogP contribution in [-0.2, 0) is 20.0 Å². The molecule has 0 bridgehead atoms. The Morgan fingerprint density at radius 3 is 2.70 bits per heavy atom. The number of aliphatic imine (C=N–C) groups is 1. The summed E-state index contributed by atoms with van der Waals surface area (Å²) in [5.41, 5.74) is 0. The third-order valence-corrected chi connectivity index (χ3v) is 6.07. The number of alkyl halides is 2. The lowest BCUT2D eigenvalue weighted by Gasteiger charge is -2.32. The minimum atomic E-state index is -2.27. The molecule has 7 nitrogen and oxygen atoms in total. The molecule has 3 heterocycles. The molecule has 0 saturated carbocycles. The molecule has 2 aromatic heterocycles. The Morgan fingerprint density at radius 2 is 2.10 bits per heavy atom. The first-order valence-electron chi connectivity index (χ1n) is 9.94. The highest BCUT2D eigenvalue weighted by molar-refractivity contribution is 14.0. The SMILES string of the molecule is Cc1nnc(CN=C(NCCc2cccs2)NC2CCN(CC(F)F)CC2)n1C.I. The summed E-state index contributed by atoms with van der Waals surface area (Å²) in [5.74, 6) is 2.38. The zero-order valence-corrected chi connectivity index (χ0v) is 20.5. The highest BCUT2D eigenvalue weighted by atomic mass is 127. The van der Waals surface area contributed by atoms with Crippen molar-refractivity contribution >= 4 is 41.3 Å². The van der Waals surface area contributed by atoms with Crippen LogP contribution in [0.5, 0.6) is 0 Å². The smallest absolute Gasteiger partial charge is 0.251 e. The van der Waals surface area contributed by atoms with Crippen LogP contribution >= 0.6 is 35.3 Å². The molecule has 11 heteroatoms. The summed E-state index contributed by atoms with van der Waals surface area (Å²) >= 11 is 1.74. The van der Waals surface area contributed by atoms with E-state index in [1.165, 1.54) is 4.88 Å². The van der Waals surface area contributed by atoms with Gasteiger partial charge in [0.2, 0.25) is 0 Å². The molecule has 0 atom stereocenters.